The number of carboxylic acids is 2. The second kappa shape index (κ2) is 34.9. The summed E-state index contributed by atoms with van der Waals surface area (Å²) in [6.07, 6.45) is 6.13. The predicted molar refractivity (Wildman–Crippen MR) is 105 cm³/mol. The summed E-state index contributed by atoms with van der Waals surface area (Å²) in [6, 6.07) is 5.76. The number of hydrogen-bond acceptors (Lipinski definition) is 13. The van der Waals surface area contributed by atoms with Crippen LogP contribution in [-0.4, -0.2) is 27.2 Å². The van der Waals surface area contributed by atoms with Crippen molar-refractivity contribution in [3.63, 3.8) is 0 Å². The van der Waals surface area contributed by atoms with Crippen molar-refractivity contribution in [1.29, 1.82) is 0 Å². The van der Waals surface area contributed by atoms with E-state index in [9.17, 15) is 19.8 Å². The number of carbonyl (C=O) groups is 2. The molecule has 2 aromatic rings. The first-order valence-corrected chi connectivity index (χ1v) is 6.60. The molecule has 0 spiro atoms. The first kappa shape index (κ1) is 52.9. The SMILES string of the molecule is O=C([O-])c1cc[nH+]cc1.O=C([O-])c1cc[nH+]cc1.O=[N+]([O-])[O-].O=[N+]([O-])[O-].O=[N+]([O-])[O-].[Eu+3].[OH3+].[OH3+].[OH3+].[OH3+]. The van der Waals surface area contributed by atoms with E-state index < -0.39 is 27.2 Å². The van der Waals surface area contributed by atoms with Gasteiger partial charge in [0, 0.05) is 35.4 Å². The largest absolute Gasteiger partial charge is 3.00 e. The fraction of sp³-hybridized carbons (Fsp3) is 0. The molecule has 200 valence electrons. The first-order chi connectivity index (χ1) is 13.8. The molecule has 0 radical (unpaired) electrons. The Bertz CT molecular complexity index is 709. The fourth-order valence-electron chi connectivity index (χ4n) is 1.05. The van der Waals surface area contributed by atoms with Gasteiger partial charge in [0.05, 0.1) is 27.2 Å². The summed E-state index contributed by atoms with van der Waals surface area (Å²) in [5.74, 6) is -2.30. The average molecular weight is 660 g/mol. The van der Waals surface area contributed by atoms with E-state index in [0.717, 1.165) is 0 Å². The Labute approximate surface area is 233 Å². The van der Waals surface area contributed by atoms with E-state index >= 15 is 0 Å². The minimum absolute atomic E-state index is 0. The van der Waals surface area contributed by atoms with Crippen LogP contribution in [-0.2, 0) is 21.9 Å². The Morgan fingerprint density at radius 2 is 0.686 bits per heavy atom. The van der Waals surface area contributed by atoms with Gasteiger partial charge in [-0.15, -0.1) is 0 Å². The molecule has 0 bridgehead atoms. The summed E-state index contributed by atoms with van der Waals surface area (Å²) >= 11 is 0. The molecule has 23 heteroatoms. The average Bonchev–Trinajstić information content (AvgIpc) is 2.62. The molecule has 2 rings (SSSR count). The third-order valence-corrected chi connectivity index (χ3v) is 1.91. The zero-order valence-electron chi connectivity index (χ0n) is 17.0. The van der Waals surface area contributed by atoms with Gasteiger partial charge in [0.2, 0.25) is 0 Å². The topological polar surface area (TPSA) is 439 Å². The number of aromatic nitrogens is 2. The zero-order chi connectivity index (χ0) is 24.1. The van der Waals surface area contributed by atoms with Crippen molar-refractivity contribution in [2.75, 3.05) is 0 Å². The van der Waals surface area contributed by atoms with Crippen LogP contribution in [0.4, 0.5) is 0 Å². The Morgan fingerprint density at radius 3 is 0.771 bits per heavy atom. The molecule has 0 saturated carbocycles. The van der Waals surface area contributed by atoms with Gasteiger partial charge in [-0.3, -0.25) is 0 Å². The Morgan fingerprint density at radius 1 is 0.543 bits per heavy atom. The minimum atomic E-state index is -1.75. The van der Waals surface area contributed by atoms with Gasteiger partial charge in [-0.25, -0.2) is 9.97 Å². The van der Waals surface area contributed by atoms with Crippen molar-refractivity contribution in [3.8, 4) is 0 Å². The molecule has 0 aromatic carbocycles. The van der Waals surface area contributed by atoms with Gasteiger partial charge in [-0.05, 0) is 0 Å². The van der Waals surface area contributed by atoms with Crippen LogP contribution in [0.3, 0.4) is 0 Å². The molecule has 22 nitrogen and oxygen atoms in total. The quantitative estimate of drug-likeness (QED) is 0.164. The van der Waals surface area contributed by atoms with Gasteiger partial charge in [0.25, 0.3) is 0 Å². The van der Waals surface area contributed by atoms with Crippen LogP contribution in [0.2, 0.25) is 0 Å². The molecular weight excluding hydrogens is 638 g/mol. The van der Waals surface area contributed by atoms with Crippen LogP contribution in [0.5, 0.6) is 0 Å². The number of hydrogen-bond donors (Lipinski definition) is 0. The van der Waals surface area contributed by atoms with E-state index in [4.69, 9.17) is 46.0 Å². The maximum absolute atomic E-state index is 10.1. The molecule has 0 unspecified atom stereocenters. The normalized spacial score (nSPS) is 6.63. The number of aromatic carboxylic acids is 2. The molecule has 0 aliphatic carbocycles. The molecule has 14 N–H and O–H groups in total. The van der Waals surface area contributed by atoms with Crippen molar-refractivity contribution < 1.29 is 116 Å². The predicted octanol–water partition coefficient (Wildman–Crippen LogP) is -6.68. The van der Waals surface area contributed by atoms with E-state index in [1.165, 1.54) is 49.1 Å². The number of nitrogens with zero attached hydrogens (tertiary/aromatic N) is 3. The van der Waals surface area contributed by atoms with Crippen LogP contribution < -0.4 is 20.2 Å². The maximum atomic E-state index is 10.1. The van der Waals surface area contributed by atoms with Crippen LogP contribution in [0.1, 0.15) is 20.7 Å². The summed E-state index contributed by atoms with van der Waals surface area (Å²) in [5.41, 5.74) is 0.377. The molecule has 0 saturated heterocycles. The zero-order valence-corrected chi connectivity index (χ0v) is 19.4. The van der Waals surface area contributed by atoms with E-state index in [1.807, 2.05) is 0 Å². The summed E-state index contributed by atoms with van der Waals surface area (Å²) in [6.45, 7) is 0. The first-order valence-electron chi connectivity index (χ1n) is 6.60. The molecule has 35 heavy (non-hydrogen) atoms. The number of carboxylic acid groups (broad SMARTS) is 2. The van der Waals surface area contributed by atoms with Crippen molar-refractivity contribution in [2.45, 2.75) is 0 Å². The number of carbonyl (C=O) groups excluding carboxylic acids is 2. The minimum Gasteiger partial charge on any atom is -0.545 e. The number of aromatic amines is 2. The van der Waals surface area contributed by atoms with Gasteiger partial charge in [-0.2, -0.15) is 0 Å². The van der Waals surface area contributed by atoms with E-state index in [1.54, 1.807) is 0 Å². The molecule has 0 amide bonds. The van der Waals surface area contributed by atoms with Crippen LogP contribution >= 0.6 is 0 Å². The number of nitrogens with one attached hydrogen (secondary N) is 2. The summed E-state index contributed by atoms with van der Waals surface area (Å²) in [7, 11) is 0. The van der Waals surface area contributed by atoms with Crippen molar-refractivity contribution in [2.24, 2.45) is 0 Å². The van der Waals surface area contributed by atoms with Crippen LogP contribution in [0.25, 0.3) is 0 Å². The summed E-state index contributed by atoms with van der Waals surface area (Å²) in [5, 5.41) is 64.4. The summed E-state index contributed by atoms with van der Waals surface area (Å²) < 4.78 is 0. The summed E-state index contributed by atoms with van der Waals surface area (Å²) in [4.78, 5) is 50.3. The van der Waals surface area contributed by atoms with Crippen molar-refractivity contribution in [3.05, 3.63) is 106 Å². The van der Waals surface area contributed by atoms with Crippen LogP contribution in [0.15, 0.2) is 49.1 Å². The fourth-order valence-corrected chi connectivity index (χ4v) is 1.05. The molecule has 0 atom stereocenters. The van der Waals surface area contributed by atoms with E-state index in [2.05, 4.69) is 9.97 Å². The third-order valence-electron chi connectivity index (χ3n) is 1.91. The maximum Gasteiger partial charge on any atom is 3.00 e. The van der Waals surface area contributed by atoms with Crippen molar-refractivity contribution in [1.82, 2.24) is 0 Å². The number of H-pyrrole nitrogens is 2. The standard InChI is InChI=1S/2C6H5NO2.Eu.3NO3.4H2O/c2*8-6(9)5-1-3-7-4-2-5;;3*2-1(3)4;;;;/h2*1-4H,(H,8,9);;;;;4*1H2/q;;+3;3*-1;;;;/p+4. The Balaban J connectivity index is -0.0000000442. The number of pyridine rings is 2. The second-order valence-electron chi connectivity index (χ2n) is 3.82. The van der Waals surface area contributed by atoms with Crippen molar-refractivity contribution >= 4 is 11.9 Å². The second-order valence-corrected chi connectivity index (χ2v) is 3.82. The van der Waals surface area contributed by atoms with Crippen LogP contribution in [0, 0.1) is 95.3 Å². The molecule has 2 heterocycles. The van der Waals surface area contributed by atoms with E-state index in [-0.39, 0.29) is 82.4 Å². The molecule has 0 aliphatic rings. The number of rotatable bonds is 2. The molecule has 2 aromatic heterocycles. The smallest absolute Gasteiger partial charge is 0.545 e. The third kappa shape index (κ3) is 58.9. The molecule has 0 aliphatic heterocycles. The van der Waals surface area contributed by atoms with Gasteiger partial charge < -0.3 is 87.7 Å². The monoisotopic (exact) mass is 661 g/mol. The van der Waals surface area contributed by atoms with Gasteiger partial charge >= 0.3 is 49.4 Å². The Kier molecular flexibility index (Phi) is 52.7. The molecular formula is C12H22EuN5O17+4. The van der Waals surface area contributed by atoms with Gasteiger partial charge in [0.1, 0.15) is 0 Å². The molecule has 0 fully saturated rings. The van der Waals surface area contributed by atoms with E-state index in [0.29, 0.717) is 0 Å². The van der Waals surface area contributed by atoms with Gasteiger partial charge in [0.15, 0.2) is 24.8 Å². The van der Waals surface area contributed by atoms with Gasteiger partial charge in [-0.1, -0.05) is 0 Å². The Hall–Kier alpha value is -3.74.